The van der Waals surface area contributed by atoms with E-state index in [9.17, 15) is 0 Å². The molecule has 0 saturated carbocycles. The molecular weight excluding hydrogens is 198 g/mol. The van der Waals surface area contributed by atoms with Crippen LogP contribution in [0, 0.1) is 13.8 Å². The van der Waals surface area contributed by atoms with Crippen molar-refractivity contribution in [2.45, 2.75) is 20.4 Å². The van der Waals surface area contributed by atoms with E-state index in [2.05, 4.69) is 37.0 Å². The largest absolute Gasteiger partial charge is 0.370 e. The van der Waals surface area contributed by atoms with Crippen molar-refractivity contribution in [3.63, 3.8) is 0 Å². The second kappa shape index (κ2) is 5.50. The Morgan fingerprint density at radius 2 is 1.93 bits per heavy atom. The Morgan fingerprint density at radius 1 is 1.29 bits per heavy atom. The van der Waals surface area contributed by atoms with Gasteiger partial charge in [0.05, 0.1) is 6.54 Å². The number of aryl methyl sites for hydroxylation is 2. The van der Waals surface area contributed by atoms with Gasteiger partial charge in [0, 0.05) is 0 Å². The molecule has 0 fully saturated rings. The molecule has 0 aliphatic rings. The maximum Gasteiger partial charge on any atom is 0.186 e. The van der Waals surface area contributed by atoms with Crippen LogP contribution in [0.15, 0.2) is 23.2 Å². The molecule has 1 aromatic carbocycles. The van der Waals surface area contributed by atoms with Gasteiger partial charge in [0.25, 0.3) is 0 Å². The Kier molecular flexibility index (Phi) is 5.02. The first kappa shape index (κ1) is 12.8. The zero-order valence-electron chi connectivity index (χ0n) is 8.45. The van der Waals surface area contributed by atoms with Crippen molar-refractivity contribution in [2.24, 2.45) is 16.5 Å². The summed E-state index contributed by atoms with van der Waals surface area (Å²) in [7, 11) is 0. The van der Waals surface area contributed by atoms with Crippen LogP contribution in [0.5, 0.6) is 0 Å². The molecule has 0 bridgehead atoms. The van der Waals surface area contributed by atoms with Crippen molar-refractivity contribution in [2.75, 3.05) is 0 Å². The van der Waals surface area contributed by atoms with Crippen LogP contribution in [0.2, 0.25) is 0 Å². The maximum absolute atomic E-state index is 5.25. The Labute approximate surface area is 90.6 Å². The smallest absolute Gasteiger partial charge is 0.186 e. The fourth-order valence-electron chi connectivity index (χ4n) is 1.20. The Bertz CT molecular complexity index is 330. The molecule has 1 aromatic rings. The molecule has 0 spiro atoms. The van der Waals surface area contributed by atoms with Crippen LogP contribution in [0.3, 0.4) is 0 Å². The molecule has 0 radical (unpaired) electrons. The summed E-state index contributed by atoms with van der Waals surface area (Å²) in [6.45, 7) is 4.69. The fraction of sp³-hybridized carbons (Fsp3) is 0.300. The van der Waals surface area contributed by atoms with E-state index >= 15 is 0 Å². The fourth-order valence-corrected chi connectivity index (χ4v) is 1.20. The normalized spacial score (nSPS) is 9.00. The molecule has 14 heavy (non-hydrogen) atoms. The van der Waals surface area contributed by atoms with E-state index in [-0.39, 0.29) is 18.4 Å². The Balaban J connectivity index is 0.00000169. The van der Waals surface area contributed by atoms with Gasteiger partial charge in [-0.3, -0.25) is 0 Å². The van der Waals surface area contributed by atoms with Crippen molar-refractivity contribution in [1.29, 1.82) is 0 Å². The molecule has 0 aromatic heterocycles. The summed E-state index contributed by atoms with van der Waals surface area (Å²) in [6, 6.07) is 6.24. The number of rotatable bonds is 2. The molecule has 0 saturated heterocycles. The molecule has 3 nitrogen and oxygen atoms in total. The van der Waals surface area contributed by atoms with Gasteiger partial charge in [-0.15, -0.1) is 12.4 Å². The SMILES string of the molecule is Cc1ccc(CN=C(N)N)c(C)c1.Cl. The van der Waals surface area contributed by atoms with E-state index in [1.807, 2.05) is 0 Å². The first-order valence-corrected chi connectivity index (χ1v) is 4.21. The lowest BCUT2D eigenvalue weighted by atomic mass is 10.1. The van der Waals surface area contributed by atoms with Gasteiger partial charge in [-0.25, -0.2) is 4.99 Å². The molecule has 0 aliphatic carbocycles. The van der Waals surface area contributed by atoms with E-state index in [0.29, 0.717) is 6.54 Å². The first-order valence-electron chi connectivity index (χ1n) is 4.21. The highest BCUT2D eigenvalue weighted by Crippen LogP contribution is 2.11. The van der Waals surface area contributed by atoms with Gasteiger partial charge in [0.1, 0.15) is 0 Å². The number of nitrogens with zero attached hydrogens (tertiary/aromatic N) is 1. The quantitative estimate of drug-likeness (QED) is 0.578. The van der Waals surface area contributed by atoms with Crippen LogP contribution in [-0.4, -0.2) is 5.96 Å². The summed E-state index contributed by atoms with van der Waals surface area (Å²) in [5.41, 5.74) is 14.1. The molecule has 0 heterocycles. The van der Waals surface area contributed by atoms with Gasteiger partial charge in [0.2, 0.25) is 0 Å². The number of hydrogen-bond acceptors (Lipinski definition) is 1. The topological polar surface area (TPSA) is 64.4 Å². The molecule has 0 atom stereocenters. The van der Waals surface area contributed by atoms with Gasteiger partial charge in [-0.2, -0.15) is 0 Å². The summed E-state index contributed by atoms with van der Waals surface area (Å²) < 4.78 is 0. The van der Waals surface area contributed by atoms with Crippen LogP contribution >= 0.6 is 12.4 Å². The zero-order valence-corrected chi connectivity index (χ0v) is 9.27. The number of halogens is 1. The number of benzene rings is 1. The molecule has 1 rings (SSSR count). The van der Waals surface area contributed by atoms with Crippen LogP contribution in [0.4, 0.5) is 0 Å². The molecule has 4 heteroatoms. The van der Waals surface area contributed by atoms with Gasteiger partial charge < -0.3 is 11.5 Å². The summed E-state index contributed by atoms with van der Waals surface area (Å²) in [6.07, 6.45) is 0. The Hall–Kier alpha value is -1.22. The summed E-state index contributed by atoms with van der Waals surface area (Å²) in [5.74, 6) is 0.139. The lowest BCUT2D eigenvalue weighted by molar-refractivity contribution is 1.03. The number of nitrogens with two attached hydrogens (primary N) is 2. The van der Waals surface area contributed by atoms with E-state index in [1.54, 1.807) is 0 Å². The lowest BCUT2D eigenvalue weighted by Crippen LogP contribution is -2.22. The molecular formula is C10H16ClN3. The minimum absolute atomic E-state index is 0. The second-order valence-corrected chi connectivity index (χ2v) is 3.17. The van der Waals surface area contributed by atoms with Crippen LogP contribution in [0.1, 0.15) is 16.7 Å². The molecule has 78 valence electrons. The highest BCUT2D eigenvalue weighted by molar-refractivity contribution is 5.85. The average Bonchev–Trinajstić information content (AvgIpc) is 2.02. The van der Waals surface area contributed by atoms with Gasteiger partial charge in [0.15, 0.2) is 5.96 Å². The summed E-state index contributed by atoms with van der Waals surface area (Å²) >= 11 is 0. The zero-order chi connectivity index (χ0) is 9.84. The third-order valence-electron chi connectivity index (χ3n) is 1.93. The van der Waals surface area contributed by atoms with Gasteiger partial charge in [-0.05, 0) is 25.0 Å². The van der Waals surface area contributed by atoms with Crippen molar-refractivity contribution in [3.05, 3.63) is 34.9 Å². The number of hydrogen-bond donors (Lipinski definition) is 2. The second-order valence-electron chi connectivity index (χ2n) is 3.17. The first-order chi connectivity index (χ1) is 6.09. The predicted molar refractivity (Wildman–Crippen MR) is 62.7 cm³/mol. The van der Waals surface area contributed by atoms with Crippen molar-refractivity contribution in [1.82, 2.24) is 0 Å². The molecule has 4 N–H and O–H groups in total. The predicted octanol–water partition coefficient (Wildman–Crippen LogP) is 1.50. The van der Waals surface area contributed by atoms with Crippen LogP contribution in [0.25, 0.3) is 0 Å². The van der Waals surface area contributed by atoms with E-state index in [0.717, 1.165) is 0 Å². The standard InChI is InChI=1S/C10H15N3.ClH/c1-7-3-4-9(8(2)5-7)6-13-10(11)12;/h3-5H,6H2,1-2H3,(H4,11,12,13);1H. The minimum Gasteiger partial charge on any atom is -0.370 e. The van der Waals surface area contributed by atoms with E-state index in [1.165, 1.54) is 16.7 Å². The third-order valence-corrected chi connectivity index (χ3v) is 1.93. The maximum atomic E-state index is 5.25. The third kappa shape index (κ3) is 3.66. The van der Waals surface area contributed by atoms with Gasteiger partial charge in [-0.1, -0.05) is 23.8 Å². The van der Waals surface area contributed by atoms with Crippen molar-refractivity contribution >= 4 is 18.4 Å². The number of aliphatic imine (C=N–C) groups is 1. The van der Waals surface area contributed by atoms with Crippen LogP contribution < -0.4 is 11.5 Å². The van der Waals surface area contributed by atoms with Crippen molar-refractivity contribution < 1.29 is 0 Å². The van der Waals surface area contributed by atoms with Gasteiger partial charge >= 0.3 is 0 Å². The molecule has 0 aliphatic heterocycles. The Morgan fingerprint density at radius 3 is 2.43 bits per heavy atom. The highest BCUT2D eigenvalue weighted by atomic mass is 35.5. The van der Waals surface area contributed by atoms with Crippen LogP contribution in [-0.2, 0) is 6.54 Å². The molecule has 0 unspecified atom stereocenters. The monoisotopic (exact) mass is 213 g/mol. The average molecular weight is 214 g/mol. The van der Waals surface area contributed by atoms with Crippen molar-refractivity contribution in [3.8, 4) is 0 Å². The van der Waals surface area contributed by atoms with E-state index < -0.39 is 0 Å². The lowest BCUT2D eigenvalue weighted by Gasteiger charge is -2.03. The van der Waals surface area contributed by atoms with E-state index in [4.69, 9.17) is 11.5 Å². The highest BCUT2D eigenvalue weighted by Gasteiger charge is 1.96. The summed E-state index contributed by atoms with van der Waals surface area (Å²) in [5, 5.41) is 0. The number of guanidine groups is 1. The summed E-state index contributed by atoms with van der Waals surface area (Å²) in [4.78, 5) is 3.96. The minimum atomic E-state index is 0. The molecule has 0 amide bonds.